The average Bonchev–Trinajstić information content (AvgIpc) is 2.54. The highest BCUT2D eigenvalue weighted by Crippen LogP contribution is 2.20. The summed E-state index contributed by atoms with van der Waals surface area (Å²) < 4.78 is 5.44. The van der Waals surface area contributed by atoms with Crippen LogP contribution in [-0.2, 0) is 17.9 Å². The van der Waals surface area contributed by atoms with Crippen LogP contribution in [0.15, 0.2) is 24.3 Å². The van der Waals surface area contributed by atoms with Gasteiger partial charge in [-0.15, -0.1) is 0 Å². The summed E-state index contributed by atoms with van der Waals surface area (Å²) in [5.74, 6) is 0.475. The van der Waals surface area contributed by atoms with E-state index < -0.39 is 5.60 Å². The molecule has 25 heavy (non-hydrogen) atoms. The van der Waals surface area contributed by atoms with E-state index in [1.165, 1.54) is 5.56 Å². The summed E-state index contributed by atoms with van der Waals surface area (Å²) in [4.78, 5) is 16.3. The van der Waals surface area contributed by atoms with Crippen LogP contribution in [0.25, 0.3) is 0 Å². The monoisotopic (exact) mass is 348 g/mol. The van der Waals surface area contributed by atoms with Crippen molar-refractivity contribution in [2.45, 2.75) is 52.4 Å². The summed E-state index contributed by atoms with van der Waals surface area (Å²) in [6.07, 6.45) is 2.05. The van der Waals surface area contributed by atoms with Crippen molar-refractivity contribution in [2.24, 2.45) is 5.92 Å². The van der Waals surface area contributed by atoms with Crippen LogP contribution in [-0.4, -0.2) is 53.3 Å². The zero-order chi connectivity index (χ0) is 18.4. The van der Waals surface area contributed by atoms with Gasteiger partial charge in [-0.1, -0.05) is 24.3 Å². The fourth-order valence-corrected chi connectivity index (χ4v) is 3.25. The third-order valence-electron chi connectivity index (χ3n) is 4.45. The molecule has 0 spiro atoms. The number of aliphatic hydroxyl groups excluding tert-OH is 1. The molecule has 5 nitrogen and oxygen atoms in total. The normalized spacial score (nSPS) is 18.8. The second kappa shape index (κ2) is 8.68. The lowest BCUT2D eigenvalue weighted by Crippen LogP contribution is -2.42. The summed E-state index contributed by atoms with van der Waals surface area (Å²) >= 11 is 0. The van der Waals surface area contributed by atoms with Crippen LogP contribution in [0.4, 0.5) is 4.79 Å². The number of hydrogen-bond donors (Lipinski definition) is 1. The number of hydrogen-bond acceptors (Lipinski definition) is 4. The summed E-state index contributed by atoms with van der Waals surface area (Å²) in [7, 11) is 1.82. The van der Waals surface area contributed by atoms with Gasteiger partial charge >= 0.3 is 6.09 Å². The number of benzene rings is 1. The van der Waals surface area contributed by atoms with Crippen LogP contribution < -0.4 is 0 Å². The minimum Gasteiger partial charge on any atom is -0.444 e. The molecule has 1 aliphatic rings. The maximum absolute atomic E-state index is 12.1. The van der Waals surface area contributed by atoms with E-state index in [9.17, 15) is 4.79 Å². The molecule has 1 heterocycles. The number of carbonyl (C=O) groups is 1. The van der Waals surface area contributed by atoms with Crippen LogP contribution in [0.3, 0.4) is 0 Å². The van der Waals surface area contributed by atoms with Crippen molar-refractivity contribution < 1.29 is 14.6 Å². The molecule has 0 aromatic heterocycles. The van der Waals surface area contributed by atoms with Crippen molar-refractivity contribution in [1.29, 1.82) is 0 Å². The lowest BCUT2D eigenvalue weighted by atomic mass is 9.97. The molecule has 2 rings (SSSR count). The topological polar surface area (TPSA) is 53.0 Å². The van der Waals surface area contributed by atoms with E-state index in [0.717, 1.165) is 44.6 Å². The molecule has 1 amide bonds. The fraction of sp³-hybridized carbons (Fsp3) is 0.650. The first-order valence-corrected chi connectivity index (χ1v) is 9.12. The third-order valence-corrected chi connectivity index (χ3v) is 4.45. The molecular formula is C20H32N2O3. The van der Waals surface area contributed by atoms with Crippen LogP contribution in [0.5, 0.6) is 0 Å². The Bertz CT molecular complexity index is 551. The predicted molar refractivity (Wildman–Crippen MR) is 99.2 cm³/mol. The first-order chi connectivity index (χ1) is 11.8. The third kappa shape index (κ3) is 6.67. The molecule has 1 aliphatic heterocycles. The van der Waals surface area contributed by atoms with Crippen LogP contribution >= 0.6 is 0 Å². The molecule has 140 valence electrons. The summed E-state index contributed by atoms with van der Waals surface area (Å²) in [5.41, 5.74) is 1.75. The SMILES string of the molecule is CN(CC1CCCN(Cc2ccc(CO)cc2)C1)C(=O)OC(C)(C)C. The van der Waals surface area contributed by atoms with Gasteiger partial charge in [-0.2, -0.15) is 0 Å². The van der Waals surface area contributed by atoms with E-state index >= 15 is 0 Å². The van der Waals surface area contributed by atoms with Gasteiger partial charge in [0.2, 0.25) is 0 Å². The maximum Gasteiger partial charge on any atom is 0.410 e. The van der Waals surface area contributed by atoms with Gasteiger partial charge in [-0.05, 0) is 57.2 Å². The van der Waals surface area contributed by atoms with Crippen molar-refractivity contribution in [2.75, 3.05) is 26.7 Å². The number of piperidine rings is 1. The Morgan fingerprint density at radius 2 is 1.92 bits per heavy atom. The zero-order valence-corrected chi connectivity index (χ0v) is 16.0. The number of rotatable bonds is 5. The minimum absolute atomic E-state index is 0.0864. The molecule has 5 heteroatoms. The van der Waals surface area contributed by atoms with E-state index in [0.29, 0.717) is 5.92 Å². The standard InChI is InChI=1S/C20H32N2O3/c1-20(2,3)25-19(24)21(4)12-18-6-5-11-22(14-18)13-16-7-9-17(15-23)10-8-16/h7-10,18,23H,5-6,11-15H2,1-4H3. The second-order valence-electron chi connectivity index (χ2n) is 8.08. The first-order valence-electron chi connectivity index (χ1n) is 9.12. The number of likely N-dealkylation sites (tertiary alicyclic amines) is 1. The number of aliphatic hydroxyl groups is 1. The molecule has 1 saturated heterocycles. The number of nitrogens with zero attached hydrogens (tertiary/aromatic N) is 2. The summed E-state index contributed by atoms with van der Waals surface area (Å²) in [6.45, 7) is 9.50. The lowest BCUT2D eigenvalue weighted by Gasteiger charge is -2.35. The quantitative estimate of drug-likeness (QED) is 0.887. The molecule has 1 fully saturated rings. The fourth-order valence-electron chi connectivity index (χ4n) is 3.25. The Labute approximate surface area is 151 Å². The Kier molecular flexibility index (Phi) is 6.85. The molecule has 0 saturated carbocycles. The van der Waals surface area contributed by atoms with E-state index in [2.05, 4.69) is 17.0 Å². The Hall–Kier alpha value is -1.59. The molecular weight excluding hydrogens is 316 g/mol. The molecule has 1 unspecified atom stereocenters. The Morgan fingerprint density at radius 1 is 1.28 bits per heavy atom. The van der Waals surface area contributed by atoms with Crippen molar-refractivity contribution in [3.05, 3.63) is 35.4 Å². The summed E-state index contributed by atoms with van der Waals surface area (Å²) in [6, 6.07) is 8.13. The predicted octanol–water partition coefficient (Wildman–Crippen LogP) is 3.26. The smallest absolute Gasteiger partial charge is 0.410 e. The molecule has 1 N–H and O–H groups in total. The van der Waals surface area contributed by atoms with Gasteiger partial charge in [-0.3, -0.25) is 4.90 Å². The summed E-state index contributed by atoms with van der Waals surface area (Å²) in [5, 5.41) is 9.13. The molecule has 0 aliphatic carbocycles. The van der Waals surface area contributed by atoms with Gasteiger partial charge in [0.15, 0.2) is 0 Å². The highest BCUT2D eigenvalue weighted by molar-refractivity contribution is 5.67. The molecule has 0 radical (unpaired) electrons. The second-order valence-corrected chi connectivity index (χ2v) is 8.08. The first kappa shape index (κ1) is 19.7. The number of carbonyl (C=O) groups excluding carboxylic acids is 1. The molecule has 0 bridgehead atoms. The molecule has 1 aromatic carbocycles. The number of amides is 1. The van der Waals surface area contributed by atoms with Crippen molar-refractivity contribution >= 4 is 6.09 Å². The van der Waals surface area contributed by atoms with Gasteiger partial charge in [0, 0.05) is 26.7 Å². The van der Waals surface area contributed by atoms with Gasteiger partial charge in [0.05, 0.1) is 6.61 Å². The largest absolute Gasteiger partial charge is 0.444 e. The number of ether oxygens (including phenoxy) is 1. The highest BCUT2D eigenvalue weighted by Gasteiger charge is 2.25. The van der Waals surface area contributed by atoms with Gasteiger partial charge < -0.3 is 14.7 Å². The zero-order valence-electron chi connectivity index (χ0n) is 16.0. The average molecular weight is 348 g/mol. The van der Waals surface area contributed by atoms with Gasteiger partial charge in [0.25, 0.3) is 0 Å². The Balaban J connectivity index is 1.84. The van der Waals surface area contributed by atoms with Crippen molar-refractivity contribution in [3.8, 4) is 0 Å². The van der Waals surface area contributed by atoms with E-state index in [1.54, 1.807) is 4.90 Å². The van der Waals surface area contributed by atoms with Crippen molar-refractivity contribution in [1.82, 2.24) is 9.80 Å². The van der Waals surface area contributed by atoms with Gasteiger partial charge in [-0.25, -0.2) is 4.79 Å². The van der Waals surface area contributed by atoms with Crippen LogP contribution in [0.2, 0.25) is 0 Å². The van der Waals surface area contributed by atoms with Gasteiger partial charge in [0.1, 0.15) is 5.60 Å². The van der Waals surface area contributed by atoms with Crippen LogP contribution in [0, 0.1) is 5.92 Å². The van der Waals surface area contributed by atoms with E-state index in [-0.39, 0.29) is 12.7 Å². The Morgan fingerprint density at radius 3 is 2.52 bits per heavy atom. The maximum atomic E-state index is 12.1. The highest BCUT2D eigenvalue weighted by atomic mass is 16.6. The van der Waals surface area contributed by atoms with E-state index in [1.807, 2.05) is 40.0 Å². The lowest BCUT2D eigenvalue weighted by molar-refractivity contribution is 0.0241. The molecule has 1 atom stereocenters. The molecule has 1 aromatic rings. The van der Waals surface area contributed by atoms with Crippen molar-refractivity contribution in [3.63, 3.8) is 0 Å². The van der Waals surface area contributed by atoms with E-state index in [4.69, 9.17) is 9.84 Å². The van der Waals surface area contributed by atoms with Crippen LogP contribution in [0.1, 0.15) is 44.7 Å². The minimum atomic E-state index is -0.454.